The van der Waals surface area contributed by atoms with Gasteiger partial charge in [-0.15, -0.1) is 5.59 Å². The average Bonchev–Trinajstić information content (AvgIpc) is 1.87. The number of nitrogens with two attached hydrogens (primary N) is 1. The fourth-order valence-electron chi connectivity index (χ4n) is 0.331. The fourth-order valence-corrected chi connectivity index (χ4v) is 0.331. The van der Waals surface area contributed by atoms with Gasteiger partial charge in [0.2, 0.25) is 0 Å². The second-order valence-electron chi connectivity index (χ2n) is 2.29. The minimum atomic E-state index is -1.01. The minimum absolute atomic E-state index is 0.146. The molecule has 0 radical (unpaired) electrons. The van der Waals surface area contributed by atoms with Crippen molar-refractivity contribution in [3.8, 4) is 0 Å². The molecule has 0 aliphatic heterocycles. The Morgan fingerprint density at radius 3 is 1.92 bits per heavy atom. The molecule has 1 unspecified atom stereocenters. The van der Waals surface area contributed by atoms with Gasteiger partial charge in [-0.25, -0.2) is 10.6 Å². The number of carbonyl (C=O) groups excluding carboxylic acids is 1. The van der Waals surface area contributed by atoms with Crippen molar-refractivity contribution in [2.45, 2.75) is 33.0 Å². The Balaban J connectivity index is 0. The molecule has 0 aromatic carbocycles. The van der Waals surface area contributed by atoms with Gasteiger partial charge in [0.25, 0.3) is 0 Å². The minimum Gasteiger partial charge on any atom is -0.461 e. The lowest BCUT2D eigenvalue weighted by atomic mass is 10.4. The smallest absolute Gasteiger partial charge is 0.334 e. The number of carbonyl (C=O) groups is 1. The highest BCUT2D eigenvalue weighted by molar-refractivity contribution is 5.73. The lowest BCUT2D eigenvalue weighted by molar-refractivity contribution is -0.156. The second kappa shape index (κ2) is 8.41. The summed E-state index contributed by atoms with van der Waals surface area (Å²) in [5.74, 6) is 3.59. The Hall–Kier alpha value is -0.690. The van der Waals surface area contributed by atoms with E-state index >= 15 is 0 Å². The summed E-state index contributed by atoms with van der Waals surface area (Å²) in [6, 6.07) is 0. The number of hydrazine groups is 1. The first-order chi connectivity index (χ1) is 5.45. The van der Waals surface area contributed by atoms with Crippen molar-refractivity contribution in [3.05, 3.63) is 0 Å². The van der Waals surface area contributed by atoms with Gasteiger partial charge in [0.15, 0.2) is 0 Å². The lowest BCUT2D eigenvalue weighted by Gasteiger charge is -2.08. The van der Waals surface area contributed by atoms with Gasteiger partial charge >= 0.3 is 5.97 Å². The van der Waals surface area contributed by atoms with Crippen LogP contribution in [0.5, 0.6) is 0 Å². The van der Waals surface area contributed by atoms with Crippen LogP contribution in [0.3, 0.4) is 0 Å². The molecule has 0 aromatic heterocycles. The first-order valence-corrected chi connectivity index (χ1v) is 3.44. The summed E-state index contributed by atoms with van der Waals surface area (Å²) >= 11 is 0. The molecule has 0 aliphatic rings. The van der Waals surface area contributed by atoms with Gasteiger partial charge in [-0.2, -0.15) is 0 Å². The summed E-state index contributed by atoms with van der Waals surface area (Å²) in [6.45, 7) is 4.85. The van der Waals surface area contributed by atoms with Crippen LogP contribution in [0.2, 0.25) is 0 Å². The SMILES string of the molecule is CC(C)OC(=O)C(C)O.NNO. The zero-order chi connectivity index (χ0) is 10.1. The number of hydrogen-bond acceptors (Lipinski definition) is 6. The van der Waals surface area contributed by atoms with E-state index in [1.165, 1.54) is 12.5 Å². The Kier molecular flexibility index (Phi) is 9.72. The van der Waals surface area contributed by atoms with Gasteiger partial charge in [0, 0.05) is 0 Å². The molecule has 0 saturated heterocycles. The van der Waals surface area contributed by atoms with E-state index in [2.05, 4.69) is 10.6 Å². The van der Waals surface area contributed by atoms with E-state index in [-0.39, 0.29) is 6.10 Å². The molecule has 0 rings (SSSR count). The number of esters is 1. The molecule has 0 saturated carbocycles. The first kappa shape index (κ1) is 13.9. The summed E-state index contributed by atoms with van der Waals surface area (Å²) in [6.07, 6.45) is -1.15. The van der Waals surface area contributed by atoms with Crippen LogP contribution in [0.15, 0.2) is 0 Å². The van der Waals surface area contributed by atoms with Crippen molar-refractivity contribution in [1.29, 1.82) is 0 Å². The van der Waals surface area contributed by atoms with E-state index < -0.39 is 12.1 Å². The third-order valence-corrected chi connectivity index (χ3v) is 0.693. The number of ether oxygens (including phenoxy) is 1. The second-order valence-corrected chi connectivity index (χ2v) is 2.29. The number of nitrogens with one attached hydrogen (secondary N) is 1. The van der Waals surface area contributed by atoms with E-state index in [0.717, 1.165) is 0 Å². The van der Waals surface area contributed by atoms with E-state index in [9.17, 15) is 4.79 Å². The number of rotatable bonds is 2. The molecule has 5 N–H and O–H groups in total. The molecule has 0 bridgehead atoms. The van der Waals surface area contributed by atoms with Gasteiger partial charge in [-0.05, 0) is 20.8 Å². The van der Waals surface area contributed by atoms with Crippen molar-refractivity contribution in [1.82, 2.24) is 5.59 Å². The maximum Gasteiger partial charge on any atom is 0.334 e. The summed E-state index contributed by atoms with van der Waals surface area (Å²) in [4.78, 5) is 10.5. The van der Waals surface area contributed by atoms with Gasteiger partial charge in [-0.1, -0.05) is 0 Å². The highest BCUT2D eigenvalue weighted by Gasteiger charge is 2.10. The van der Waals surface area contributed by atoms with Crippen molar-refractivity contribution in [2.24, 2.45) is 5.84 Å². The van der Waals surface area contributed by atoms with Crippen molar-refractivity contribution in [3.63, 3.8) is 0 Å². The molecule has 1 atom stereocenters. The van der Waals surface area contributed by atoms with Crippen LogP contribution in [-0.4, -0.2) is 28.5 Å². The van der Waals surface area contributed by atoms with Gasteiger partial charge in [0.1, 0.15) is 6.10 Å². The van der Waals surface area contributed by atoms with Gasteiger partial charge < -0.3 is 15.1 Å². The zero-order valence-electron chi connectivity index (χ0n) is 7.44. The molecule has 74 valence electrons. The number of hydrogen-bond donors (Lipinski definition) is 4. The maximum absolute atomic E-state index is 10.5. The van der Waals surface area contributed by atoms with Gasteiger partial charge in [0.05, 0.1) is 6.10 Å². The highest BCUT2D eigenvalue weighted by Crippen LogP contribution is 1.92. The molecule has 0 fully saturated rings. The zero-order valence-corrected chi connectivity index (χ0v) is 7.44. The molecule has 12 heavy (non-hydrogen) atoms. The van der Waals surface area contributed by atoms with Crippen LogP contribution >= 0.6 is 0 Å². The van der Waals surface area contributed by atoms with E-state index in [1.807, 2.05) is 0 Å². The van der Waals surface area contributed by atoms with Crippen molar-refractivity contribution < 1.29 is 19.8 Å². The summed E-state index contributed by atoms with van der Waals surface area (Å²) in [7, 11) is 0. The molecule has 0 amide bonds. The molecular weight excluding hydrogens is 164 g/mol. The number of aliphatic hydroxyl groups excluding tert-OH is 1. The number of aliphatic hydroxyl groups is 1. The van der Waals surface area contributed by atoms with Gasteiger partial charge in [-0.3, -0.25) is 0 Å². The Morgan fingerprint density at radius 1 is 1.50 bits per heavy atom. The maximum atomic E-state index is 10.5. The Labute approximate surface area is 71.2 Å². The van der Waals surface area contributed by atoms with E-state index in [4.69, 9.17) is 10.3 Å². The summed E-state index contributed by atoms with van der Waals surface area (Å²) in [5, 5.41) is 15.7. The lowest BCUT2D eigenvalue weighted by Crippen LogP contribution is -2.22. The van der Waals surface area contributed by atoms with E-state index in [0.29, 0.717) is 0 Å². The third-order valence-electron chi connectivity index (χ3n) is 0.693. The molecule has 0 aromatic rings. The topological polar surface area (TPSA) is 105 Å². The third kappa shape index (κ3) is 12.0. The van der Waals surface area contributed by atoms with Crippen LogP contribution in [-0.2, 0) is 9.53 Å². The quantitative estimate of drug-likeness (QED) is 0.251. The summed E-state index contributed by atoms with van der Waals surface area (Å²) < 4.78 is 4.62. The largest absolute Gasteiger partial charge is 0.461 e. The van der Waals surface area contributed by atoms with Crippen LogP contribution < -0.4 is 11.4 Å². The van der Waals surface area contributed by atoms with Crippen LogP contribution in [0.4, 0.5) is 0 Å². The molecular formula is C6H16N2O4. The molecule has 0 aliphatic carbocycles. The normalized spacial score (nSPS) is 11.6. The van der Waals surface area contributed by atoms with Crippen molar-refractivity contribution >= 4 is 5.97 Å². The Morgan fingerprint density at radius 2 is 1.83 bits per heavy atom. The van der Waals surface area contributed by atoms with Crippen LogP contribution in [0, 0.1) is 0 Å². The average molecular weight is 180 g/mol. The fraction of sp³-hybridized carbons (Fsp3) is 0.833. The monoisotopic (exact) mass is 180 g/mol. The molecule has 6 nitrogen and oxygen atoms in total. The molecule has 0 spiro atoms. The molecule has 0 heterocycles. The standard InChI is InChI=1S/C6H12O3.H4N2O/c1-4(2)9-6(8)5(3)7;1-2-3/h4-5,7H,1-3H3;2-3H,1H2. The predicted molar refractivity (Wildman–Crippen MR) is 42.0 cm³/mol. The summed E-state index contributed by atoms with van der Waals surface area (Å²) in [5.41, 5.74) is 1.25. The first-order valence-electron chi connectivity index (χ1n) is 3.44. The van der Waals surface area contributed by atoms with Crippen LogP contribution in [0.1, 0.15) is 20.8 Å². The Bertz CT molecular complexity index is 116. The molecule has 6 heteroatoms. The van der Waals surface area contributed by atoms with Crippen LogP contribution in [0.25, 0.3) is 0 Å². The van der Waals surface area contributed by atoms with Crippen molar-refractivity contribution in [2.75, 3.05) is 0 Å². The van der Waals surface area contributed by atoms with E-state index in [1.54, 1.807) is 13.8 Å². The highest BCUT2D eigenvalue weighted by atomic mass is 16.6. The predicted octanol–water partition coefficient (Wildman–Crippen LogP) is -0.842.